The van der Waals surface area contributed by atoms with Crippen molar-refractivity contribution in [3.8, 4) is 0 Å². The molecule has 25 heavy (non-hydrogen) atoms. The largest absolute Gasteiger partial charge is 0.444 e. The average Bonchev–Trinajstić information content (AvgIpc) is 2.72. The molecule has 0 bridgehead atoms. The van der Waals surface area contributed by atoms with E-state index in [9.17, 15) is 14.2 Å². The highest BCUT2D eigenvalue weighted by Gasteiger charge is 2.45. The van der Waals surface area contributed by atoms with Crippen LogP contribution in [0.15, 0.2) is 0 Å². The van der Waals surface area contributed by atoms with E-state index in [0.29, 0.717) is 0 Å². The Morgan fingerprint density at radius 3 is 2.36 bits per heavy atom. The molecule has 2 atom stereocenters. The van der Waals surface area contributed by atoms with E-state index < -0.39 is 42.3 Å². The first kappa shape index (κ1) is 22.6. The lowest BCUT2D eigenvalue weighted by Crippen LogP contribution is -2.50. The molecule has 0 saturated carbocycles. The minimum atomic E-state index is -3.48. The number of halogens is 3. The van der Waals surface area contributed by atoms with E-state index in [1.807, 2.05) is 0 Å². The number of alkyl halides is 3. The maximum atomic E-state index is 12.7. The molecule has 1 fully saturated rings. The van der Waals surface area contributed by atoms with Gasteiger partial charge in [-0.2, -0.15) is 0 Å². The van der Waals surface area contributed by atoms with Gasteiger partial charge in [-0.15, -0.1) is 0 Å². The van der Waals surface area contributed by atoms with Gasteiger partial charge in [-0.1, -0.05) is 34.8 Å². The molecule has 0 spiro atoms. The van der Waals surface area contributed by atoms with Gasteiger partial charge in [-0.05, 0) is 20.8 Å². The first-order valence-electron chi connectivity index (χ1n) is 7.39. The molecule has 0 aromatic rings. The maximum absolute atomic E-state index is 12.7. The molecule has 146 valence electrons. The van der Waals surface area contributed by atoms with E-state index in [-0.39, 0.29) is 19.4 Å². The van der Waals surface area contributed by atoms with Crippen molar-refractivity contribution in [2.24, 2.45) is 0 Å². The predicted octanol–water partition coefficient (Wildman–Crippen LogP) is 3.47. The number of amides is 2. The zero-order valence-corrected chi connectivity index (χ0v) is 17.0. The van der Waals surface area contributed by atoms with Gasteiger partial charge in [-0.3, -0.25) is 4.57 Å². The fraction of sp³-hybridized carbons (Fsp3) is 0.833. The predicted molar refractivity (Wildman–Crippen MR) is 92.1 cm³/mol. The Labute approximate surface area is 160 Å². The van der Waals surface area contributed by atoms with Crippen LogP contribution in [-0.4, -0.2) is 59.1 Å². The van der Waals surface area contributed by atoms with Crippen molar-refractivity contribution in [3.05, 3.63) is 0 Å². The standard InChI is InChI=1S/C12H20Cl3N2O7P/c1-4-22-25(20,23-5-2)6-9-8(3)24-11(19)17(9)16-10(18)21-7-12(13,14)15/h8-9H,4-7H2,1-3H3,(H,16,18)/t8-,9+/m0/s1. The number of hydrogen-bond acceptors (Lipinski definition) is 7. The smallest absolute Gasteiger partial charge is 0.429 e. The summed E-state index contributed by atoms with van der Waals surface area (Å²) in [4.78, 5) is 23.7. The van der Waals surface area contributed by atoms with Crippen LogP contribution in [0.4, 0.5) is 9.59 Å². The summed E-state index contributed by atoms with van der Waals surface area (Å²) >= 11 is 16.4. The Hall–Kier alpha value is -0.440. The van der Waals surface area contributed by atoms with Crippen molar-refractivity contribution in [2.75, 3.05) is 26.0 Å². The number of cyclic esters (lactones) is 1. The SMILES string of the molecule is CCOP(=O)(C[C@@H]1[C@H](C)OC(=O)N1NC(=O)OCC(Cl)(Cl)Cl)OCC. The third-order valence-electron chi connectivity index (χ3n) is 3.00. The highest BCUT2D eigenvalue weighted by molar-refractivity contribution is 7.53. The Kier molecular flexibility index (Phi) is 8.57. The lowest BCUT2D eigenvalue weighted by atomic mass is 10.2. The molecule has 9 nitrogen and oxygen atoms in total. The first-order chi connectivity index (χ1) is 11.5. The monoisotopic (exact) mass is 440 g/mol. The van der Waals surface area contributed by atoms with E-state index >= 15 is 0 Å². The number of hydrazine groups is 1. The molecule has 2 amide bonds. The van der Waals surface area contributed by atoms with E-state index in [2.05, 4.69) is 5.43 Å². The van der Waals surface area contributed by atoms with Gasteiger partial charge in [0, 0.05) is 0 Å². The van der Waals surface area contributed by atoms with Crippen LogP contribution in [0, 0.1) is 0 Å². The number of ether oxygens (including phenoxy) is 2. The van der Waals surface area contributed by atoms with Crippen LogP contribution in [0.25, 0.3) is 0 Å². The number of nitrogens with zero attached hydrogens (tertiary/aromatic N) is 1. The summed E-state index contributed by atoms with van der Waals surface area (Å²) in [6, 6.07) is -0.795. The zero-order chi connectivity index (χ0) is 19.3. The van der Waals surface area contributed by atoms with Gasteiger partial charge in [0.1, 0.15) is 18.8 Å². The van der Waals surface area contributed by atoms with Gasteiger partial charge in [0.25, 0.3) is 0 Å². The molecule has 0 unspecified atom stereocenters. The third kappa shape index (κ3) is 7.37. The molecule has 0 aromatic carbocycles. The second kappa shape index (κ2) is 9.48. The van der Waals surface area contributed by atoms with Crippen molar-refractivity contribution in [1.82, 2.24) is 10.4 Å². The van der Waals surface area contributed by atoms with Gasteiger partial charge >= 0.3 is 19.8 Å². The summed E-state index contributed by atoms with van der Waals surface area (Å²) in [5, 5.41) is 0.857. The molecule has 1 rings (SSSR count). The summed E-state index contributed by atoms with van der Waals surface area (Å²) < 4.78 is 31.0. The van der Waals surface area contributed by atoms with Crippen molar-refractivity contribution >= 4 is 54.6 Å². The molecule has 1 N–H and O–H groups in total. The summed E-state index contributed by atoms with van der Waals surface area (Å²) in [5.74, 6) is 0. The molecular weight excluding hydrogens is 421 g/mol. The quantitative estimate of drug-likeness (QED) is 0.454. The summed E-state index contributed by atoms with van der Waals surface area (Å²) in [6.07, 6.45) is -2.73. The second-order valence-electron chi connectivity index (χ2n) is 4.96. The van der Waals surface area contributed by atoms with Crippen LogP contribution < -0.4 is 5.43 Å². The molecule has 1 heterocycles. The maximum Gasteiger partial charge on any atom is 0.429 e. The normalized spacial score (nSPS) is 21.2. The van der Waals surface area contributed by atoms with Gasteiger partial charge < -0.3 is 18.5 Å². The minimum absolute atomic E-state index is 0.159. The average molecular weight is 442 g/mol. The molecule has 13 heteroatoms. The molecule has 0 radical (unpaired) electrons. The van der Waals surface area contributed by atoms with Gasteiger partial charge in [-0.25, -0.2) is 20.0 Å². The van der Waals surface area contributed by atoms with Crippen LogP contribution in [0.5, 0.6) is 0 Å². The van der Waals surface area contributed by atoms with Crippen LogP contribution in [0.2, 0.25) is 0 Å². The fourth-order valence-electron chi connectivity index (χ4n) is 2.04. The number of hydrogen-bond donors (Lipinski definition) is 1. The van der Waals surface area contributed by atoms with E-state index in [1.54, 1.807) is 20.8 Å². The lowest BCUT2D eigenvalue weighted by molar-refractivity contribution is 0.105. The van der Waals surface area contributed by atoms with E-state index in [1.165, 1.54) is 0 Å². The third-order valence-corrected chi connectivity index (χ3v) is 5.45. The highest BCUT2D eigenvalue weighted by atomic mass is 35.6. The summed E-state index contributed by atoms with van der Waals surface area (Å²) in [6.45, 7) is 4.70. The van der Waals surface area contributed by atoms with Crippen LogP contribution in [-0.2, 0) is 23.1 Å². The van der Waals surface area contributed by atoms with E-state index in [0.717, 1.165) is 5.01 Å². The molecule has 1 aliphatic heterocycles. The van der Waals surface area contributed by atoms with Crippen LogP contribution in [0.1, 0.15) is 20.8 Å². The molecule has 0 aromatic heterocycles. The van der Waals surface area contributed by atoms with Crippen molar-refractivity contribution in [2.45, 2.75) is 36.7 Å². The molecule has 1 aliphatic rings. The summed E-state index contributed by atoms with van der Waals surface area (Å²) in [5.41, 5.74) is 2.18. The highest BCUT2D eigenvalue weighted by Crippen LogP contribution is 2.50. The summed E-state index contributed by atoms with van der Waals surface area (Å²) in [7, 11) is -3.48. The van der Waals surface area contributed by atoms with E-state index in [4.69, 9.17) is 53.3 Å². The van der Waals surface area contributed by atoms with Crippen molar-refractivity contribution < 1.29 is 32.7 Å². The number of carbonyl (C=O) groups excluding carboxylic acids is 2. The fourth-order valence-corrected chi connectivity index (χ4v) is 4.20. The van der Waals surface area contributed by atoms with Gasteiger partial charge in [0.05, 0.1) is 19.4 Å². The van der Waals surface area contributed by atoms with Crippen LogP contribution >= 0.6 is 42.4 Å². The Morgan fingerprint density at radius 2 is 1.88 bits per heavy atom. The zero-order valence-electron chi connectivity index (χ0n) is 13.9. The first-order valence-corrected chi connectivity index (χ1v) is 10.3. The number of carbonyl (C=O) groups is 2. The Morgan fingerprint density at radius 1 is 1.32 bits per heavy atom. The number of nitrogens with one attached hydrogen (secondary N) is 1. The van der Waals surface area contributed by atoms with Gasteiger partial charge in [0.15, 0.2) is 0 Å². The van der Waals surface area contributed by atoms with Gasteiger partial charge in [0.2, 0.25) is 3.79 Å². The lowest BCUT2D eigenvalue weighted by Gasteiger charge is -2.26. The topological polar surface area (TPSA) is 103 Å². The number of rotatable bonds is 8. The minimum Gasteiger partial charge on any atom is -0.444 e. The van der Waals surface area contributed by atoms with Crippen molar-refractivity contribution in [1.29, 1.82) is 0 Å². The van der Waals surface area contributed by atoms with Crippen molar-refractivity contribution in [3.63, 3.8) is 0 Å². The second-order valence-corrected chi connectivity index (χ2v) is 9.58. The van der Waals surface area contributed by atoms with Crippen LogP contribution in [0.3, 0.4) is 0 Å². The molecule has 0 aliphatic carbocycles. The Bertz CT molecular complexity index is 521. The Balaban J connectivity index is 2.80. The molecule has 1 saturated heterocycles. The molecular formula is C12H20Cl3N2O7P.